The summed E-state index contributed by atoms with van der Waals surface area (Å²) in [6.45, 7) is 1.53. The second-order valence-corrected chi connectivity index (χ2v) is 9.13. The van der Waals surface area contributed by atoms with E-state index in [2.05, 4.69) is 22.4 Å². The Labute approximate surface area is 201 Å². The minimum absolute atomic E-state index is 0.108. The highest BCUT2D eigenvalue weighted by atomic mass is 32.1. The molecule has 0 radical (unpaired) electrons. The number of hydrogen-bond acceptors (Lipinski definition) is 6. The van der Waals surface area contributed by atoms with E-state index in [9.17, 15) is 19.5 Å². The van der Waals surface area contributed by atoms with Crippen molar-refractivity contribution in [3.8, 4) is 11.1 Å². The van der Waals surface area contributed by atoms with E-state index >= 15 is 0 Å². The van der Waals surface area contributed by atoms with Gasteiger partial charge in [0, 0.05) is 30.5 Å². The quantitative estimate of drug-likeness (QED) is 0.512. The summed E-state index contributed by atoms with van der Waals surface area (Å²) < 4.78 is 5.58. The number of hydrogen-bond donors (Lipinski definition) is 2. The molecule has 9 heteroatoms. The number of ether oxygens (including phenoxy) is 1. The molecule has 176 valence electrons. The molecule has 1 aliphatic rings. The molecular formula is C25H25N3O5S. The molecule has 2 amide bonds. The summed E-state index contributed by atoms with van der Waals surface area (Å²) in [7, 11) is 1.40. The average molecular weight is 480 g/mol. The monoisotopic (exact) mass is 479 g/mol. The van der Waals surface area contributed by atoms with E-state index in [1.165, 1.54) is 25.3 Å². The molecule has 0 saturated heterocycles. The third-order valence-electron chi connectivity index (χ3n) is 6.11. The van der Waals surface area contributed by atoms with Crippen LogP contribution in [0.15, 0.2) is 60.2 Å². The number of carboxylic acids is 1. The third kappa shape index (κ3) is 4.79. The molecule has 2 unspecified atom stereocenters. The Balaban J connectivity index is 1.47. The Kier molecular flexibility index (Phi) is 6.93. The van der Waals surface area contributed by atoms with Gasteiger partial charge in [-0.05, 0) is 29.2 Å². The maximum Gasteiger partial charge on any atom is 0.407 e. The number of likely N-dealkylation sites (N-methyl/N-ethyl adjacent to an activating group) is 1. The number of nitrogens with zero attached hydrogens (tertiary/aromatic N) is 2. The SMILES string of the molecule is CC(C(=O)O)N(C)C(=O)C(Cc1cncs1)NC(=O)OCC1c2ccccc2-c2ccccc21. The van der Waals surface area contributed by atoms with E-state index in [1.54, 1.807) is 11.7 Å². The second kappa shape index (κ2) is 10.0. The van der Waals surface area contributed by atoms with Crippen LogP contribution in [-0.4, -0.2) is 58.7 Å². The van der Waals surface area contributed by atoms with Gasteiger partial charge in [0.2, 0.25) is 5.91 Å². The minimum Gasteiger partial charge on any atom is -0.480 e. The number of alkyl carbamates (subject to hydrolysis) is 1. The number of carbonyl (C=O) groups is 3. The van der Waals surface area contributed by atoms with E-state index in [-0.39, 0.29) is 18.9 Å². The molecule has 2 N–H and O–H groups in total. The fraction of sp³-hybridized carbons (Fsp3) is 0.280. The first-order valence-electron chi connectivity index (χ1n) is 10.8. The molecule has 2 atom stereocenters. The van der Waals surface area contributed by atoms with Crippen LogP contribution in [0.1, 0.15) is 28.8 Å². The lowest BCUT2D eigenvalue weighted by Crippen LogP contribution is -2.52. The van der Waals surface area contributed by atoms with Crippen LogP contribution >= 0.6 is 11.3 Å². The van der Waals surface area contributed by atoms with Gasteiger partial charge in [0.05, 0.1) is 5.51 Å². The molecule has 8 nitrogen and oxygen atoms in total. The topological polar surface area (TPSA) is 109 Å². The molecule has 0 fully saturated rings. The molecular weight excluding hydrogens is 454 g/mol. The van der Waals surface area contributed by atoms with Crippen molar-refractivity contribution in [3.05, 3.63) is 76.2 Å². The van der Waals surface area contributed by atoms with Gasteiger partial charge in [-0.25, -0.2) is 9.59 Å². The van der Waals surface area contributed by atoms with Crippen molar-refractivity contribution in [2.45, 2.75) is 31.3 Å². The van der Waals surface area contributed by atoms with Crippen molar-refractivity contribution >= 4 is 29.3 Å². The van der Waals surface area contributed by atoms with Gasteiger partial charge in [-0.2, -0.15) is 0 Å². The first-order chi connectivity index (χ1) is 16.4. The summed E-state index contributed by atoms with van der Waals surface area (Å²) in [5.74, 6) is -1.76. The zero-order valence-electron chi connectivity index (χ0n) is 18.8. The fourth-order valence-corrected chi connectivity index (χ4v) is 4.77. The largest absolute Gasteiger partial charge is 0.480 e. The molecule has 4 rings (SSSR count). The van der Waals surface area contributed by atoms with Gasteiger partial charge in [-0.3, -0.25) is 9.78 Å². The van der Waals surface area contributed by atoms with E-state index in [1.807, 2.05) is 36.4 Å². The lowest BCUT2D eigenvalue weighted by atomic mass is 9.98. The normalized spacial score (nSPS) is 13.9. The van der Waals surface area contributed by atoms with Gasteiger partial charge in [0.25, 0.3) is 0 Å². The molecule has 0 saturated carbocycles. The molecule has 3 aromatic rings. The average Bonchev–Trinajstić information content (AvgIpc) is 3.47. The predicted molar refractivity (Wildman–Crippen MR) is 128 cm³/mol. The Bertz CT molecular complexity index is 1150. The summed E-state index contributed by atoms with van der Waals surface area (Å²) in [6, 6.07) is 14.0. The maximum absolute atomic E-state index is 13.0. The number of aromatic nitrogens is 1. The summed E-state index contributed by atoms with van der Waals surface area (Å²) in [5.41, 5.74) is 6.05. The van der Waals surface area contributed by atoms with Crippen LogP contribution in [0.25, 0.3) is 11.1 Å². The van der Waals surface area contributed by atoms with Gasteiger partial charge < -0.3 is 20.1 Å². The minimum atomic E-state index is -1.13. The zero-order valence-corrected chi connectivity index (χ0v) is 19.6. The van der Waals surface area contributed by atoms with Crippen LogP contribution in [0.3, 0.4) is 0 Å². The van der Waals surface area contributed by atoms with Gasteiger partial charge in [0.1, 0.15) is 18.7 Å². The van der Waals surface area contributed by atoms with Crippen molar-refractivity contribution in [2.75, 3.05) is 13.7 Å². The number of nitrogens with one attached hydrogen (secondary N) is 1. The van der Waals surface area contributed by atoms with Gasteiger partial charge >= 0.3 is 12.1 Å². The van der Waals surface area contributed by atoms with Crippen molar-refractivity contribution in [1.29, 1.82) is 0 Å². The number of rotatable bonds is 8. The zero-order chi connectivity index (χ0) is 24.2. The van der Waals surface area contributed by atoms with E-state index in [0.29, 0.717) is 0 Å². The van der Waals surface area contributed by atoms with Gasteiger partial charge in [-0.1, -0.05) is 48.5 Å². The molecule has 34 heavy (non-hydrogen) atoms. The molecule has 0 bridgehead atoms. The van der Waals surface area contributed by atoms with Gasteiger partial charge in [-0.15, -0.1) is 11.3 Å². The van der Waals surface area contributed by atoms with E-state index in [4.69, 9.17) is 4.74 Å². The summed E-state index contributed by atoms with van der Waals surface area (Å²) >= 11 is 1.35. The first kappa shape index (κ1) is 23.4. The number of carbonyl (C=O) groups excluding carboxylic acids is 2. The lowest BCUT2D eigenvalue weighted by Gasteiger charge is -2.27. The Morgan fingerprint density at radius 3 is 2.29 bits per heavy atom. The third-order valence-corrected chi connectivity index (χ3v) is 6.91. The van der Waals surface area contributed by atoms with Crippen LogP contribution in [0.2, 0.25) is 0 Å². The van der Waals surface area contributed by atoms with Gasteiger partial charge in [0.15, 0.2) is 0 Å². The highest BCUT2D eigenvalue weighted by Crippen LogP contribution is 2.44. The smallest absolute Gasteiger partial charge is 0.407 e. The second-order valence-electron chi connectivity index (χ2n) is 8.16. The number of aliphatic carboxylic acids is 1. The van der Waals surface area contributed by atoms with Crippen LogP contribution in [0.4, 0.5) is 4.79 Å². The van der Waals surface area contributed by atoms with Crippen molar-refractivity contribution in [1.82, 2.24) is 15.2 Å². The predicted octanol–water partition coefficient (Wildman–Crippen LogP) is 3.52. The molecule has 0 spiro atoms. The Morgan fingerprint density at radius 1 is 1.12 bits per heavy atom. The molecule has 1 aromatic heterocycles. The highest BCUT2D eigenvalue weighted by molar-refractivity contribution is 7.09. The number of benzene rings is 2. The van der Waals surface area contributed by atoms with Crippen LogP contribution in [-0.2, 0) is 20.7 Å². The number of carboxylic acid groups (broad SMARTS) is 1. The Hall–Kier alpha value is -3.72. The number of fused-ring (bicyclic) bond motifs is 3. The molecule has 1 heterocycles. The Morgan fingerprint density at radius 2 is 1.74 bits per heavy atom. The van der Waals surface area contributed by atoms with Crippen molar-refractivity contribution in [2.24, 2.45) is 0 Å². The van der Waals surface area contributed by atoms with Crippen LogP contribution in [0, 0.1) is 0 Å². The number of amides is 2. The van der Waals surface area contributed by atoms with Crippen LogP contribution in [0.5, 0.6) is 0 Å². The summed E-state index contributed by atoms with van der Waals surface area (Å²) in [4.78, 5) is 43.0. The number of thiazole rings is 1. The van der Waals surface area contributed by atoms with Crippen molar-refractivity contribution < 1.29 is 24.2 Å². The summed E-state index contributed by atoms with van der Waals surface area (Å²) in [5, 5.41) is 11.9. The molecule has 1 aliphatic carbocycles. The van der Waals surface area contributed by atoms with E-state index < -0.39 is 30.1 Å². The standard InChI is InChI=1S/C25H25N3O5S/c1-15(24(30)31)28(2)23(29)22(11-16-12-26-14-34-16)27-25(32)33-13-21-19-9-5-3-7-17(19)18-8-4-6-10-20(18)21/h3-10,12,14-15,21-22H,11,13H2,1-2H3,(H,27,32)(H,30,31). The highest BCUT2D eigenvalue weighted by Gasteiger charge is 2.32. The molecule has 2 aromatic carbocycles. The maximum atomic E-state index is 13.0. The fourth-order valence-electron chi connectivity index (χ4n) is 4.13. The first-order valence-corrected chi connectivity index (χ1v) is 11.7. The van der Waals surface area contributed by atoms with E-state index in [0.717, 1.165) is 32.0 Å². The molecule has 0 aliphatic heterocycles. The van der Waals surface area contributed by atoms with Crippen LogP contribution < -0.4 is 5.32 Å². The summed E-state index contributed by atoms with van der Waals surface area (Å²) in [6.07, 6.45) is 1.07. The lowest BCUT2D eigenvalue weighted by molar-refractivity contribution is -0.148. The van der Waals surface area contributed by atoms with Crippen molar-refractivity contribution in [3.63, 3.8) is 0 Å².